The second-order valence-corrected chi connectivity index (χ2v) is 5.39. The van der Waals surface area contributed by atoms with Gasteiger partial charge in [0.1, 0.15) is 0 Å². The van der Waals surface area contributed by atoms with E-state index in [1.165, 1.54) is 0 Å². The molecule has 108 valence electrons. The summed E-state index contributed by atoms with van der Waals surface area (Å²) < 4.78 is 0. The van der Waals surface area contributed by atoms with E-state index in [2.05, 4.69) is 25.1 Å². The van der Waals surface area contributed by atoms with Gasteiger partial charge in [0.05, 0.1) is 0 Å². The number of nitrogens with one attached hydrogen (secondary N) is 1. The normalized spacial score (nSPS) is 11.9. The molecule has 0 saturated carbocycles. The Labute approximate surface area is 121 Å². The van der Waals surface area contributed by atoms with Crippen molar-refractivity contribution >= 4 is 11.6 Å². The number of hydrogen-bond acceptors (Lipinski definition) is 2. The van der Waals surface area contributed by atoms with E-state index in [0.29, 0.717) is 24.8 Å². The summed E-state index contributed by atoms with van der Waals surface area (Å²) >= 11 is 0. The number of benzene rings is 1. The fraction of sp³-hybridized carbons (Fsp3) is 0.471. The van der Waals surface area contributed by atoms with Gasteiger partial charge in [-0.05, 0) is 49.4 Å². The van der Waals surface area contributed by atoms with Gasteiger partial charge in [0.25, 0.3) is 0 Å². The zero-order valence-corrected chi connectivity index (χ0v) is 12.4. The molecule has 0 aromatic heterocycles. The van der Waals surface area contributed by atoms with Gasteiger partial charge >= 0.3 is 0 Å². The van der Waals surface area contributed by atoms with Crippen molar-refractivity contribution in [2.24, 2.45) is 17.6 Å². The van der Waals surface area contributed by atoms with Gasteiger partial charge in [0, 0.05) is 17.7 Å². The summed E-state index contributed by atoms with van der Waals surface area (Å²) in [6.07, 6.45) is 7.70. The molecule has 1 atom stereocenters. The molecule has 0 spiro atoms. The number of nitrogens with two attached hydrogens (primary N) is 1. The monoisotopic (exact) mass is 272 g/mol. The maximum absolute atomic E-state index is 11.9. The van der Waals surface area contributed by atoms with Gasteiger partial charge in [-0.2, -0.15) is 0 Å². The number of carbonyl (C=O) groups is 1. The van der Waals surface area contributed by atoms with Crippen molar-refractivity contribution in [3.8, 4) is 12.3 Å². The first-order chi connectivity index (χ1) is 9.56. The first-order valence-electron chi connectivity index (χ1n) is 7.13. The van der Waals surface area contributed by atoms with E-state index in [9.17, 15) is 4.79 Å². The molecule has 1 aromatic rings. The number of rotatable bonds is 7. The van der Waals surface area contributed by atoms with Crippen molar-refractivity contribution < 1.29 is 4.79 Å². The Bertz CT molecular complexity index is 474. The third-order valence-corrected chi connectivity index (χ3v) is 3.54. The van der Waals surface area contributed by atoms with E-state index in [0.717, 1.165) is 24.1 Å². The average molecular weight is 272 g/mol. The topological polar surface area (TPSA) is 55.1 Å². The minimum Gasteiger partial charge on any atom is -0.330 e. The summed E-state index contributed by atoms with van der Waals surface area (Å²) in [5.41, 5.74) is 7.13. The van der Waals surface area contributed by atoms with Crippen LogP contribution in [0.5, 0.6) is 0 Å². The van der Waals surface area contributed by atoms with Crippen molar-refractivity contribution in [3.05, 3.63) is 29.8 Å². The summed E-state index contributed by atoms with van der Waals surface area (Å²) in [5, 5.41) is 2.89. The summed E-state index contributed by atoms with van der Waals surface area (Å²) in [6.45, 7) is 5.03. The van der Waals surface area contributed by atoms with Crippen molar-refractivity contribution in [1.29, 1.82) is 0 Å². The highest BCUT2D eigenvalue weighted by atomic mass is 16.1. The van der Waals surface area contributed by atoms with E-state index in [-0.39, 0.29) is 5.91 Å². The lowest BCUT2D eigenvalue weighted by molar-refractivity contribution is -0.116. The standard InChI is InChI=1S/C17H24N2O/c1-4-14-6-5-7-16(12-14)19-17(20)9-8-15(10-11-18)13(2)3/h1,5-7,12-13,15H,8-11,18H2,2-3H3,(H,19,20). The molecule has 1 rings (SSSR count). The van der Waals surface area contributed by atoms with Crippen LogP contribution in [0.15, 0.2) is 24.3 Å². The van der Waals surface area contributed by atoms with Gasteiger partial charge in [0.2, 0.25) is 5.91 Å². The SMILES string of the molecule is C#Cc1cccc(NC(=O)CCC(CCN)C(C)C)c1. The molecule has 0 saturated heterocycles. The molecule has 1 unspecified atom stereocenters. The highest BCUT2D eigenvalue weighted by molar-refractivity contribution is 5.90. The fourth-order valence-corrected chi connectivity index (χ4v) is 2.25. The minimum absolute atomic E-state index is 0.0295. The Hall–Kier alpha value is -1.79. The van der Waals surface area contributed by atoms with Crippen LogP contribution in [-0.4, -0.2) is 12.5 Å². The average Bonchev–Trinajstić information content (AvgIpc) is 2.43. The quantitative estimate of drug-likeness (QED) is 0.750. The van der Waals surface area contributed by atoms with Crippen molar-refractivity contribution in [2.75, 3.05) is 11.9 Å². The lowest BCUT2D eigenvalue weighted by atomic mass is 9.88. The lowest BCUT2D eigenvalue weighted by Crippen LogP contribution is -2.18. The molecule has 1 amide bonds. The molecule has 0 fully saturated rings. The van der Waals surface area contributed by atoms with Gasteiger partial charge < -0.3 is 11.1 Å². The number of terminal acetylenes is 1. The van der Waals surface area contributed by atoms with Gasteiger partial charge in [-0.15, -0.1) is 6.42 Å². The first-order valence-corrected chi connectivity index (χ1v) is 7.13. The van der Waals surface area contributed by atoms with Gasteiger partial charge in [-0.25, -0.2) is 0 Å². The molecule has 0 radical (unpaired) electrons. The van der Waals surface area contributed by atoms with E-state index in [1.807, 2.05) is 18.2 Å². The number of carbonyl (C=O) groups excluding carboxylic acids is 1. The molecule has 0 aliphatic rings. The van der Waals surface area contributed by atoms with Crippen LogP contribution >= 0.6 is 0 Å². The van der Waals surface area contributed by atoms with Gasteiger partial charge in [0.15, 0.2) is 0 Å². The molecular weight excluding hydrogens is 248 g/mol. The predicted molar refractivity (Wildman–Crippen MR) is 84.2 cm³/mol. The van der Waals surface area contributed by atoms with E-state index >= 15 is 0 Å². The van der Waals surface area contributed by atoms with Crippen molar-refractivity contribution in [3.63, 3.8) is 0 Å². The zero-order chi connectivity index (χ0) is 15.0. The second-order valence-electron chi connectivity index (χ2n) is 5.39. The molecule has 0 aliphatic carbocycles. The minimum atomic E-state index is 0.0295. The molecular formula is C17H24N2O. The summed E-state index contributed by atoms with van der Waals surface area (Å²) in [5.74, 6) is 3.64. The summed E-state index contributed by atoms with van der Waals surface area (Å²) in [4.78, 5) is 11.9. The van der Waals surface area contributed by atoms with Crippen LogP contribution in [-0.2, 0) is 4.79 Å². The highest BCUT2D eigenvalue weighted by Gasteiger charge is 2.14. The number of amides is 1. The maximum Gasteiger partial charge on any atom is 0.224 e. The Kier molecular flexibility index (Phi) is 6.83. The number of anilines is 1. The molecule has 1 aromatic carbocycles. The van der Waals surface area contributed by atoms with E-state index < -0.39 is 0 Å². The van der Waals surface area contributed by atoms with Crippen molar-refractivity contribution in [1.82, 2.24) is 0 Å². The third-order valence-electron chi connectivity index (χ3n) is 3.54. The first kappa shape index (κ1) is 16.3. The van der Waals surface area contributed by atoms with Crippen LogP contribution in [0, 0.1) is 24.2 Å². The van der Waals surface area contributed by atoms with Crippen LogP contribution in [0.25, 0.3) is 0 Å². The highest BCUT2D eigenvalue weighted by Crippen LogP contribution is 2.21. The van der Waals surface area contributed by atoms with E-state index in [1.54, 1.807) is 6.07 Å². The predicted octanol–water partition coefficient (Wildman–Crippen LogP) is 3.01. The Balaban J connectivity index is 2.49. The Morgan fingerprint density at radius 1 is 1.40 bits per heavy atom. The van der Waals surface area contributed by atoms with Crippen LogP contribution in [0.2, 0.25) is 0 Å². The Morgan fingerprint density at radius 2 is 2.15 bits per heavy atom. The van der Waals surface area contributed by atoms with Gasteiger partial charge in [-0.3, -0.25) is 4.79 Å². The molecule has 0 aliphatic heterocycles. The molecule has 3 heteroatoms. The van der Waals surface area contributed by atoms with Crippen LogP contribution in [0.3, 0.4) is 0 Å². The summed E-state index contributed by atoms with van der Waals surface area (Å²) in [6, 6.07) is 7.33. The maximum atomic E-state index is 11.9. The van der Waals surface area contributed by atoms with Crippen LogP contribution in [0.4, 0.5) is 5.69 Å². The van der Waals surface area contributed by atoms with Gasteiger partial charge in [-0.1, -0.05) is 25.8 Å². The molecule has 3 N–H and O–H groups in total. The van der Waals surface area contributed by atoms with Crippen LogP contribution < -0.4 is 11.1 Å². The lowest BCUT2D eigenvalue weighted by Gasteiger charge is -2.19. The zero-order valence-electron chi connectivity index (χ0n) is 12.4. The Morgan fingerprint density at radius 3 is 2.75 bits per heavy atom. The fourth-order valence-electron chi connectivity index (χ4n) is 2.25. The molecule has 20 heavy (non-hydrogen) atoms. The molecule has 0 bridgehead atoms. The smallest absolute Gasteiger partial charge is 0.224 e. The largest absolute Gasteiger partial charge is 0.330 e. The third kappa shape index (κ3) is 5.46. The summed E-state index contributed by atoms with van der Waals surface area (Å²) in [7, 11) is 0. The molecule has 3 nitrogen and oxygen atoms in total. The molecule has 0 heterocycles. The van der Waals surface area contributed by atoms with Crippen molar-refractivity contribution in [2.45, 2.75) is 33.1 Å². The van der Waals surface area contributed by atoms with E-state index in [4.69, 9.17) is 12.2 Å². The second kappa shape index (κ2) is 8.39. The van der Waals surface area contributed by atoms with Crippen LogP contribution in [0.1, 0.15) is 38.7 Å². The number of hydrogen-bond donors (Lipinski definition) is 2.